The molecule has 164 valence electrons. The van der Waals surface area contributed by atoms with E-state index in [1.165, 1.54) is 0 Å². The Kier molecular flexibility index (Phi) is 6.54. The third-order valence-electron chi connectivity index (χ3n) is 5.50. The zero-order valence-corrected chi connectivity index (χ0v) is 15.7. The van der Waals surface area contributed by atoms with E-state index in [0.29, 0.717) is 32.1 Å². The van der Waals surface area contributed by atoms with E-state index in [1.54, 1.807) is 0 Å². The molecular weight excluding hydrogens is 394 g/mol. The van der Waals surface area contributed by atoms with Crippen molar-refractivity contribution in [1.29, 1.82) is 0 Å². The highest BCUT2D eigenvalue weighted by molar-refractivity contribution is 4.92. The van der Waals surface area contributed by atoms with Crippen LogP contribution in [0.3, 0.4) is 0 Å². The zero-order chi connectivity index (χ0) is 20.6. The van der Waals surface area contributed by atoms with Crippen LogP contribution < -0.4 is 0 Å². The van der Waals surface area contributed by atoms with Crippen molar-refractivity contribution in [2.45, 2.75) is 94.4 Å². The number of fused-ring (bicyclic) bond motifs is 1. The van der Waals surface area contributed by atoms with Crippen molar-refractivity contribution in [3.8, 4) is 0 Å². The van der Waals surface area contributed by atoms with Crippen molar-refractivity contribution < 1.29 is 45.3 Å². The van der Waals surface area contributed by atoms with Gasteiger partial charge in [-0.05, 0) is 51.4 Å². The number of hydrogen-bond donors (Lipinski definition) is 0. The Labute approximate surface area is 159 Å². The van der Waals surface area contributed by atoms with Crippen molar-refractivity contribution in [2.75, 3.05) is 13.2 Å². The summed E-state index contributed by atoms with van der Waals surface area (Å²) in [6.07, 6.45) is -8.43. The van der Waals surface area contributed by atoms with Crippen molar-refractivity contribution in [3.05, 3.63) is 0 Å². The summed E-state index contributed by atoms with van der Waals surface area (Å²) in [4.78, 5) is 0. The lowest BCUT2D eigenvalue weighted by molar-refractivity contribution is -0.379. The summed E-state index contributed by atoms with van der Waals surface area (Å²) in [6.45, 7) is 0.759. The fourth-order valence-corrected chi connectivity index (χ4v) is 3.58. The third-order valence-corrected chi connectivity index (χ3v) is 5.50. The molecule has 5 atom stereocenters. The van der Waals surface area contributed by atoms with E-state index in [1.807, 2.05) is 6.92 Å². The monoisotopic (exact) mass is 420 g/mol. The summed E-state index contributed by atoms with van der Waals surface area (Å²) in [5.74, 6) is -5.40. The molecule has 0 aromatic carbocycles. The standard InChI is InChI=1S/C18H26F6O4/c1-11-13(27-11)4-2-3-7-25-17(21,22)10-16(19,20)18(23,24)26-9-12-5-6-14-15(8-12)28-14/h11-15H,2-10H2,1H3. The van der Waals surface area contributed by atoms with Crippen LogP contribution in [-0.2, 0) is 18.9 Å². The second-order valence-corrected chi connectivity index (χ2v) is 7.96. The van der Waals surface area contributed by atoms with Crippen molar-refractivity contribution in [1.82, 2.24) is 0 Å². The van der Waals surface area contributed by atoms with Gasteiger partial charge in [0.2, 0.25) is 0 Å². The van der Waals surface area contributed by atoms with Gasteiger partial charge in [0, 0.05) is 0 Å². The lowest BCUT2D eigenvalue weighted by Crippen LogP contribution is -2.48. The molecule has 0 aromatic heterocycles. The average Bonchev–Trinajstić information content (AvgIpc) is 3.48. The Morgan fingerprint density at radius 1 is 0.929 bits per heavy atom. The number of rotatable bonds is 12. The van der Waals surface area contributed by atoms with Gasteiger partial charge in [-0.2, -0.15) is 26.3 Å². The lowest BCUT2D eigenvalue weighted by Gasteiger charge is -2.30. The largest absolute Gasteiger partial charge is 0.419 e. The van der Waals surface area contributed by atoms with Crippen molar-refractivity contribution in [2.24, 2.45) is 5.92 Å². The molecule has 0 radical (unpaired) electrons. The first-order valence-corrected chi connectivity index (χ1v) is 9.71. The van der Waals surface area contributed by atoms with Crippen LogP contribution in [0.25, 0.3) is 0 Å². The zero-order valence-electron chi connectivity index (χ0n) is 15.7. The van der Waals surface area contributed by atoms with Gasteiger partial charge in [0.15, 0.2) is 0 Å². The van der Waals surface area contributed by atoms with Crippen LogP contribution in [0.4, 0.5) is 26.3 Å². The molecule has 4 nitrogen and oxygen atoms in total. The van der Waals surface area contributed by atoms with E-state index < -0.39 is 37.8 Å². The highest BCUT2D eigenvalue weighted by atomic mass is 19.3. The quantitative estimate of drug-likeness (QED) is 0.260. The summed E-state index contributed by atoms with van der Waals surface area (Å²) < 4.78 is 101. The molecule has 3 rings (SSSR count). The number of ether oxygens (including phenoxy) is 4. The highest BCUT2D eigenvalue weighted by Crippen LogP contribution is 2.45. The molecular formula is C18H26F6O4. The van der Waals surface area contributed by atoms with Gasteiger partial charge in [0.25, 0.3) is 0 Å². The summed E-state index contributed by atoms with van der Waals surface area (Å²) in [7, 11) is 0. The van der Waals surface area contributed by atoms with Crippen LogP contribution in [0, 0.1) is 5.92 Å². The maximum Gasteiger partial charge on any atom is 0.419 e. The van der Waals surface area contributed by atoms with Crippen LogP contribution >= 0.6 is 0 Å². The number of halogens is 6. The molecule has 0 aromatic rings. The van der Waals surface area contributed by atoms with Gasteiger partial charge >= 0.3 is 18.1 Å². The molecule has 0 amide bonds. The molecule has 3 aliphatic rings. The van der Waals surface area contributed by atoms with Gasteiger partial charge in [0.05, 0.1) is 37.6 Å². The fraction of sp³-hybridized carbons (Fsp3) is 1.00. The predicted molar refractivity (Wildman–Crippen MR) is 85.6 cm³/mol. The summed E-state index contributed by atoms with van der Waals surface area (Å²) in [5.41, 5.74) is 0. The van der Waals surface area contributed by atoms with Gasteiger partial charge in [-0.25, -0.2) is 0 Å². The highest BCUT2D eigenvalue weighted by Gasteiger charge is 2.63. The molecule has 2 aliphatic heterocycles. The van der Waals surface area contributed by atoms with Crippen LogP contribution in [0.5, 0.6) is 0 Å². The Morgan fingerprint density at radius 3 is 2.29 bits per heavy atom. The molecule has 1 saturated carbocycles. The minimum Gasteiger partial charge on any atom is -0.370 e. The molecule has 2 heterocycles. The molecule has 0 bridgehead atoms. The molecule has 5 unspecified atom stereocenters. The second-order valence-electron chi connectivity index (χ2n) is 7.96. The smallest absolute Gasteiger partial charge is 0.370 e. The molecule has 3 fully saturated rings. The summed E-state index contributed by atoms with van der Waals surface area (Å²) in [6, 6.07) is 0. The Bertz CT molecular complexity index is 532. The predicted octanol–water partition coefficient (Wildman–Crippen LogP) is 4.76. The first-order chi connectivity index (χ1) is 13.0. The third kappa shape index (κ3) is 5.96. The van der Waals surface area contributed by atoms with E-state index in [4.69, 9.17) is 9.47 Å². The van der Waals surface area contributed by atoms with Crippen molar-refractivity contribution in [3.63, 3.8) is 0 Å². The summed E-state index contributed by atoms with van der Waals surface area (Å²) in [5, 5.41) is 0. The lowest BCUT2D eigenvalue weighted by atomic mass is 9.90. The maximum atomic E-state index is 13.8. The molecule has 1 aliphatic carbocycles. The van der Waals surface area contributed by atoms with E-state index in [9.17, 15) is 26.3 Å². The molecule has 10 heteroatoms. The minimum atomic E-state index is -5.05. The van der Waals surface area contributed by atoms with Crippen LogP contribution in [0.2, 0.25) is 0 Å². The normalized spacial score (nSPS) is 32.9. The first kappa shape index (κ1) is 22.1. The fourth-order valence-electron chi connectivity index (χ4n) is 3.58. The maximum absolute atomic E-state index is 13.8. The van der Waals surface area contributed by atoms with Crippen molar-refractivity contribution >= 4 is 0 Å². The van der Waals surface area contributed by atoms with Gasteiger partial charge in [0.1, 0.15) is 6.42 Å². The molecule has 0 N–H and O–H groups in total. The first-order valence-electron chi connectivity index (χ1n) is 9.71. The molecule has 2 saturated heterocycles. The van der Waals surface area contributed by atoms with E-state index >= 15 is 0 Å². The Morgan fingerprint density at radius 2 is 1.64 bits per heavy atom. The topological polar surface area (TPSA) is 43.5 Å². The van der Waals surface area contributed by atoms with E-state index in [2.05, 4.69) is 9.47 Å². The number of hydrogen-bond acceptors (Lipinski definition) is 4. The van der Waals surface area contributed by atoms with Gasteiger partial charge < -0.3 is 18.9 Å². The second kappa shape index (κ2) is 8.28. The van der Waals surface area contributed by atoms with Crippen LogP contribution in [-0.4, -0.2) is 55.8 Å². The molecule has 28 heavy (non-hydrogen) atoms. The Hall–Kier alpha value is -0.580. The minimum absolute atomic E-state index is 0.0242. The number of unbranched alkanes of at least 4 members (excludes halogenated alkanes) is 1. The average molecular weight is 420 g/mol. The Balaban J connectivity index is 1.37. The number of alkyl halides is 6. The van der Waals surface area contributed by atoms with E-state index in [-0.39, 0.29) is 36.8 Å². The van der Waals surface area contributed by atoms with Gasteiger partial charge in [-0.3, -0.25) is 0 Å². The van der Waals surface area contributed by atoms with E-state index in [0.717, 1.165) is 0 Å². The number of epoxide rings is 2. The van der Waals surface area contributed by atoms with Crippen LogP contribution in [0.15, 0.2) is 0 Å². The summed E-state index contributed by atoms with van der Waals surface area (Å²) >= 11 is 0. The SMILES string of the molecule is CC1OC1CCCCOC(F)(F)CC(F)(F)C(F)(F)OCC1CCC2OC2C1. The van der Waals surface area contributed by atoms with Crippen LogP contribution in [0.1, 0.15) is 51.9 Å². The molecule has 0 spiro atoms. The van der Waals surface area contributed by atoms with Gasteiger partial charge in [-0.15, -0.1) is 0 Å². The van der Waals surface area contributed by atoms with Gasteiger partial charge in [-0.1, -0.05) is 0 Å².